The minimum atomic E-state index is -0.297. The Balaban J connectivity index is 1.78. The molecule has 1 unspecified atom stereocenters. The van der Waals surface area contributed by atoms with Crippen LogP contribution in [0.25, 0.3) is 0 Å². The second-order valence-corrected chi connectivity index (χ2v) is 7.97. The maximum atomic E-state index is 13.4. The highest BCUT2D eigenvalue weighted by molar-refractivity contribution is 7.10. The summed E-state index contributed by atoms with van der Waals surface area (Å²) in [6.45, 7) is 0.577. The first-order valence-electron chi connectivity index (χ1n) is 8.12. The van der Waals surface area contributed by atoms with Crippen molar-refractivity contribution in [1.82, 2.24) is 4.90 Å². The van der Waals surface area contributed by atoms with Crippen LogP contribution in [-0.2, 0) is 6.42 Å². The van der Waals surface area contributed by atoms with Crippen LogP contribution < -0.4 is 0 Å². The van der Waals surface area contributed by atoms with Crippen LogP contribution in [0.2, 0.25) is 10.0 Å². The highest BCUT2D eigenvalue weighted by atomic mass is 35.5. The predicted molar refractivity (Wildman–Crippen MR) is 104 cm³/mol. The van der Waals surface area contributed by atoms with Gasteiger partial charge in [-0.05, 0) is 59.3 Å². The molecule has 0 aliphatic carbocycles. The van der Waals surface area contributed by atoms with Crippen LogP contribution in [0.15, 0.2) is 53.9 Å². The summed E-state index contributed by atoms with van der Waals surface area (Å²) >= 11 is 13.9. The fraction of sp³-hybridized carbons (Fsp3) is 0.150. The standard InChI is InChI=1S/C20H14Cl2FNOS/c21-13-3-6-15(17(22)11-13)20(25)24-9-7-18-16(8-10-26-18)19(24)12-1-4-14(23)5-2-12/h1-6,8,10-11,19H,7,9H2. The van der Waals surface area contributed by atoms with Gasteiger partial charge in [0.05, 0.1) is 16.6 Å². The Morgan fingerprint density at radius 2 is 1.88 bits per heavy atom. The van der Waals surface area contributed by atoms with Gasteiger partial charge in [0.15, 0.2) is 0 Å². The molecule has 0 saturated carbocycles. The van der Waals surface area contributed by atoms with Gasteiger partial charge in [0.25, 0.3) is 5.91 Å². The van der Waals surface area contributed by atoms with E-state index >= 15 is 0 Å². The summed E-state index contributed by atoms with van der Waals surface area (Å²) in [5.41, 5.74) is 2.39. The van der Waals surface area contributed by atoms with E-state index in [0.717, 1.165) is 17.5 Å². The van der Waals surface area contributed by atoms with Crippen LogP contribution in [0, 0.1) is 5.82 Å². The summed E-state index contributed by atoms with van der Waals surface area (Å²) in [6.07, 6.45) is 0.793. The van der Waals surface area contributed by atoms with E-state index in [1.54, 1.807) is 46.6 Å². The number of carbonyl (C=O) groups is 1. The van der Waals surface area contributed by atoms with Crippen molar-refractivity contribution >= 4 is 40.4 Å². The van der Waals surface area contributed by atoms with Crippen LogP contribution in [0.3, 0.4) is 0 Å². The quantitative estimate of drug-likeness (QED) is 0.513. The Bertz CT molecular complexity index is 970. The van der Waals surface area contributed by atoms with Crippen LogP contribution in [-0.4, -0.2) is 17.4 Å². The lowest BCUT2D eigenvalue weighted by atomic mass is 9.92. The Kier molecular flexibility index (Phi) is 4.74. The first-order chi connectivity index (χ1) is 12.5. The number of hydrogen-bond donors (Lipinski definition) is 0. The highest BCUT2D eigenvalue weighted by Gasteiger charge is 2.34. The zero-order chi connectivity index (χ0) is 18.3. The SMILES string of the molecule is O=C(c1ccc(Cl)cc1Cl)N1CCc2sccc2C1c1ccc(F)cc1. The second kappa shape index (κ2) is 7.03. The molecule has 4 rings (SSSR count). The van der Waals surface area contributed by atoms with Gasteiger partial charge in [0.1, 0.15) is 5.82 Å². The van der Waals surface area contributed by atoms with E-state index in [0.29, 0.717) is 22.2 Å². The lowest BCUT2D eigenvalue weighted by Gasteiger charge is -2.36. The van der Waals surface area contributed by atoms with Gasteiger partial charge in [0, 0.05) is 16.4 Å². The molecule has 0 saturated heterocycles. The third kappa shape index (κ3) is 3.13. The molecule has 132 valence electrons. The molecule has 1 aliphatic rings. The largest absolute Gasteiger partial charge is 0.327 e. The third-order valence-electron chi connectivity index (χ3n) is 4.57. The zero-order valence-electron chi connectivity index (χ0n) is 13.6. The molecule has 1 aliphatic heterocycles. The molecule has 2 aromatic carbocycles. The maximum absolute atomic E-state index is 13.4. The number of carbonyl (C=O) groups excluding carboxylic acids is 1. The topological polar surface area (TPSA) is 20.3 Å². The highest BCUT2D eigenvalue weighted by Crippen LogP contribution is 2.39. The maximum Gasteiger partial charge on any atom is 0.256 e. The van der Waals surface area contributed by atoms with Crippen molar-refractivity contribution in [1.29, 1.82) is 0 Å². The summed E-state index contributed by atoms with van der Waals surface area (Å²) in [6, 6.07) is 13.0. The smallest absolute Gasteiger partial charge is 0.256 e. The first-order valence-corrected chi connectivity index (χ1v) is 9.76. The molecule has 0 bridgehead atoms. The third-order valence-corrected chi connectivity index (χ3v) is 6.12. The van der Waals surface area contributed by atoms with Crippen LogP contribution in [0.4, 0.5) is 4.39 Å². The Morgan fingerprint density at radius 1 is 1.12 bits per heavy atom. The van der Waals surface area contributed by atoms with Crippen LogP contribution >= 0.6 is 34.5 Å². The Morgan fingerprint density at radius 3 is 2.62 bits per heavy atom. The van der Waals surface area contributed by atoms with Gasteiger partial charge in [-0.1, -0.05) is 35.3 Å². The van der Waals surface area contributed by atoms with E-state index in [2.05, 4.69) is 0 Å². The van der Waals surface area contributed by atoms with Crippen molar-refractivity contribution < 1.29 is 9.18 Å². The van der Waals surface area contributed by atoms with Gasteiger partial charge >= 0.3 is 0 Å². The van der Waals surface area contributed by atoms with Crippen molar-refractivity contribution in [2.24, 2.45) is 0 Å². The average molecular weight is 406 g/mol. The summed E-state index contributed by atoms with van der Waals surface area (Å²) in [7, 11) is 0. The lowest BCUT2D eigenvalue weighted by Crippen LogP contribution is -2.40. The van der Waals surface area contributed by atoms with Gasteiger partial charge in [-0.3, -0.25) is 4.79 Å². The van der Waals surface area contributed by atoms with Gasteiger partial charge in [-0.15, -0.1) is 11.3 Å². The lowest BCUT2D eigenvalue weighted by molar-refractivity contribution is 0.0696. The second-order valence-electron chi connectivity index (χ2n) is 6.13. The summed E-state index contributed by atoms with van der Waals surface area (Å²) < 4.78 is 13.4. The number of amides is 1. The number of hydrogen-bond acceptors (Lipinski definition) is 2. The van der Waals surface area contributed by atoms with Crippen LogP contribution in [0.5, 0.6) is 0 Å². The average Bonchev–Trinajstić information content (AvgIpc) is 3.10. The Hall–Kier alpha value is -1.88. The van der Waals surface area contributed by atoms with E-state index < -0.39 is 0 Å². The van der Waals surface area contributed by atoms with Gasteiger partial charge < -0.3 is 4.90 Å². The molecule has 0 fully saturated rings. The molecule has 0 N–H and O–H groups in total. The van der Waals surface area contributed by atoms with Crippen molar-refractivity contribution in [2.75, 3.05) is 6.54 Å². The van der Waals surface area contributed by atoms with E-state index in [1.807, 2.05) is 11.4 Å². The summed E-state index contributed by atoms with van der Waals surface area (Å²) in [4.78, 5) is 16.3. The van der Waals surface area contributed by atoms with Gasteiger partial charge in [0.2, 0.25) is 0 Å². The van der Waals surface area contributed by atoms with Crippen molar-refractivity contribution in [3.63, 3.8) is 0 Å². The monoisotopic (exact) mass is 405 g/mol. The first kappa shape index (κ1) is 17.5. The molecule has 2 nitrogen and oxygen atoms in total. The molecule has 6 heteroatoms. The Labute approximate surface area is 164 Å². The molecular weight excluding hydrogens is 392 g/mol. The van der Waals surface area contributed by atoms with Crippen molar-refractivity contribution in [3.05, 3.63) is 91.3 Å². The minimum absolute atomic E-state index is 0.155. The van der Waals surface area contributed by atoms with Crippen molar-refractivity contribution in [3.8, 4) is 0 Å². The van der Waals surface area contributed by atoms with Gasteiger partial charge in [-0.25, -0.2) is 4.39 Å². The van der Waals surface area contributed by atoms with Gasteiger partial charge in [-0.2, -0.15) is 0 Å². The minimum Gasteiger partial charge on any atom is -0.327 e. The molecule has 1 amide bonds. The number of thiophene rings is 1. The number of benzene rings is 2. The van der Waals surface area contributed by atoms with E-state index in [9.17, 15) is 9.18 Å². The number of nitrogens with zero attached hydrogens (tertiary/aromatic N) is 1. The molecule has 1 aromatic heterocycles. The van der Waals surface area contributed by atoms with Crippen LogP contribution in [0.1, 0.15) is 32.4 Å². The van der Waals surface area contributed by atoms with E-state index in [-0.39, 0.29) is 17.8 Å². The van der Waals surface area contributed by atoms with E-state index in [4.69, 9.17) is 23.2 Å². The van der Waals surface area contributed by atoms with Crippen molar-refractivity contribution in [2.45, 2.75) is 12.5 Å². The number of rotatable bonds is 2. The molecule has 1 atom stereocenters. The molecule has 2 heterocycles. The molecule has 3 aromatic rings. The fourth-order valence-electron chi connectivity index (χ4n) is 3.36. The molecule has 0 spiro atoms. The fourth-order valence-corrected chi connectivity index (χ4v) is 4.75. The molecule has 0 radical (unpaired) electrons. The zero-order valence-corrected chi connectivity index (χ0v) is 15.9. The van der Waals surface area contributed by atoms with E-state index in [1.165, 1.54) is 17.0 Å². The predicted octanol–water partition coefficient (Wildman–Crippen LogP) is 5.98. The summed E-state index contributed by atoms with van der Waals surface area (Å²) in [5, 5.41) is 2.85. The summed E-state index contributed by atoms with van der Waals surface area (Å²) in [5.74, 6) is -0.452. The number of halogens is 3. The normalized spacial score (nSPS) is 16.4. The number of fused-ring (bicyclic) bond motifs is 1. The molecule has 26 heavy (non-hydrogen) atoms. The molecular formula is C20H14Cl2FNOS.